The van der Waals surface area contributed by atoms with Gasteiger partial charge in [-0.1, -0.05) is 25.8 Å². The highest BCUT2D eigenvalue weighted by Gasteiger charge is 2.23. The molecule has 0 N–H and O–H groups in total. The highest BCUT2D eigenvalue weighted by Crippen LogP contribution is 2.37. The van der Waals surface area contributed by atoms with Crippen molar-refractivity contribution in [2.45, 2.75) is 51.4 Å². The quantitative estimate of drug-likeness (QED) is 0.712. The van der Waals surface area contributed by atoms with Crippen molar-refractivity contribution in [1.29, 1.82) is 0 Å². The monoisotopic (exact) mass is 218 g/mol. The Morgan fingerprint density at radius 2 is 2.06 bits per heavy atom. The zero-order chi connectivity index (χ0) is 11.1. The van der Waals surface area contributed by atoms with Crippen molar-refractivity contribution in [2.24, 2.45) is 5.92 Å². The van der Waals surface area contributed by atoms with E-state index in [1.54, 1.807) is 6.07 Å². The van der Waals surface area contributed by atoms with E-state index in [0.29, 0.717) is 5.92 Å². The second kappa shape index (κ2) is 3.87. The van der Waals surface area contributed by atoms with Crippen molar-refractivity contribution in [3.8, 4) is 0 Å². The lowest BCUT2D eigenvalue weighted by molar-refractivity contribution is 0.595. The maximum atomic E-state index is 13.8. The van der Waals surface area contributed by atoms with Crippen LogP contribution in [0.1, 0.15) is 55.2 Å². The molecule has 0 nitrogen and oxygen atoms in total. The number of benzene rings is 1. The largest absolute Gasteiger partial charge is 0.207 e. The first kappa shape index (κ1) is 10.3. The van der Waals surface area contributed by atoms with Gasteiger partial charge in [-0.3, -0.25) is 0 Å². The van der Waals surface area contributed by atoms with Crippen molar-refractivity contribution in [2.75, 3.05) is 0 Å². The van der Waals surface area contributed by atoms with E-state index in [9.17, 15) is 4.39 Å². The lowest BCUT2D eigenvalue weighted by Crippen LogP contribution is -1.97. The minimum atomic E-state index is 0.0356. The molecule has 2 aliphatic rings. The van der Waals surface area contributed by atoms with Crippen molar-refractivity contribution >= 4 is 0 Å². The van der Waals surface area contributed by atoms with Gasteiger partial charge in [0.1, 0.15) is 5.82 Å². The summed E-state index contributed by atoms with van der Waals surface area (Å²) in [7, 11) is 0. The molecule has 0 saturated heterocycles. The summed E-state index contributed by atoms with van der Waals surface area (Å²) in [5, 5.41) is 0. The molecule has 1 fully saturated rings. The van der Waals surface area contributed by atoms with Crippen molar-refractivity contribution in [1.82, 2.24) is 0 Å². The van der Waals surface area contributed by atoms with Gasteiger partial charge in [-0.2, -0.15) is 0 Å². The molecule has 1 aromatic carbocycles. The van der Waals surface area contributed by atoms with Gasteiger partial charge in [0.15, 0.2) is 0 Å². The maximum Gasteiger partial charge on any atom is 0.126 e. The molecule has 2 aliphatic carbocycles. The van der Waals surface area contributed by atoms with E-state index in [2.05, 4.69) is 13.0 Å². The first-order chi connectivity index (χ1) is 7.74. The molecule has 86 valence electrons. The molecule has 1 heteroatoms. The van der Waals surface area contributed by atoms with E-state index in [1.807, 2.05) is 0 Å². The SMILES string of the molecule is C[C@H]1CCc2cc(F)c(CCC3CC3)cc21. The average Bonchev–Trinajstić information content (AvgIpc) is 3.02. The third-order valence-electron chi connectivity index (χ3n) is 4.20. The Bertz CT molecular complexity index is 404. The standard InChI is InChI=1S/C15H19F/c1-10-2-6-12-9-15(16)13(8-14(10)12)7-5-11-3-4-11/h8-11H,2-7H2,1H3/t10-/m0/s1. The van der Waals surface area contributed by atoms with Gasteiger partial charge in [0.25, 0.3) is 0 Å². The first-order valence-electron chi connectivity index (χ1n) is 6.55. The minimum Gasteiger partial charge on any atom is -0.207 e. The van der Waals surface area contributed by atoms with Crippen LogP contribution < -0.4 is 0 Å². The Labute approximate surface area is 96.9 Å². The Balaban J connectivity index is 1.83. The zero-order valence-corrected chi connectivity index (χ0v) is 9.93. The van der Waals surface area contributed by atoms with Crippen molar-refractivity contribution < 1.29 is 4.39 Å². The Morgan fingerprint density at radius 3 is 2.81 bits per heavy atom. The number of hydrogen-bond acceptors (Lipinski definition) is 0. The van der Waals surface area contributed by atoms with Gasteiger partial charge in [0.05, 0.1) is 0 Å². The summed E-state index contributed by atoms with van der Waals surface area (Å²) in [5.74, 6) is 1.56. The predicted molar refractivity (Wildman–Crippen MR) is 64.2 cm³/mol. The summed E-state index contributed by atoms with van der Waals surface area (Å²) in [6, 6.07) is 3.94. The fraction of sp³-hybridized carbons (Fsp3) is 0.600. The number of fused-ring (bicyclic) bond motifs is 1. The van der Waals surface area contributed by atoms with Crippen LogP contribution in [0.15, 0.2) is 12.1 Å². The van der Waals surface area contributed by atoms with E-state index in [0.717, 1.165) is 24.3 Å². The molecule has 0 bridgehead atoms. The van der Waals surface area contributed by atoms with Crippen LogP contribution >= 0.6 is 0 Å². The maximum absolute atomic E-state index is 13.8. The summed E-state index contributed by atoms with van der Waals surface area (Å²) < 4.78 is 13.8. The number of rotatable bonds is 3. The fourth-order valence-corrected chi connectivity index (χ4v) is 2.84. The van der Waals surface area contributed by atoms with Crippen LogP contribution in [0.3, 0.4) is 0 Å². The van der Waals surface area contributed by atoms with Crippen molar-refractivity contribution in [3.63, 3.8) is 0 Å². The molecule has 0 heterocycles. The van der Waals surface area contributed by atoms with Crippen LogP contribution in [-0.4, -0.2) is 0 Å². The van der Waals surface area contributed by atoms with E-state index >= 15 is 0 Å². The molecule has 0 aliphatic heterocycles. The van der Waals surface area contributed by atoms with Crippen molar-refractivity contribution in [3.05, 3.63) is 34.6 Å². The number of aryl methyl sites for hydroxylation is 2. The highest BCUT2D eigenvalue weighted by atomic mass is 19.1. The molecule has 3 rings (SSSR count). The molecule has 0 aromatic heterocycles. The molecule has 0 spiro atoms. The summed E-state index contributed by atoms with van der Waals surface area (Å²) in [6.45, 7) is 2.26. The zero-order valence-electron chi connectivity index (χ0n) is 9.93. The molecule has 0 unspecified atom stereocenters. The molecule has 1 aromatic rings. The molecule has 16 heavy (non-hydrogen) atoms. The lowest BCUT2D eigenvalue weighted by atomic mass is 9.97. The van der Waals surface area contributed by atoms with E-state index in [1.165, 1.54) is 36.8 Å². The molecule has 0 radical (unpaired) electrons. The van der Waals surface area contributed by atoms with Gasteiger partial charge in [-0.15, -0.1) is 0 Å². The molecule has 1 saturated carbocycles. The van der Waals surface area contributed by atoms with Gasteiger partial charge in [-0.25, -0.2) is 4.39 Å². The third-order valence-corrected chi connectivity index (χ3v) is 4.20. The summed E-state index contributed by atoms with van der Waals surface area (Å²) in [5.41, 5.74) is 3.62. The van der Waals surface area contributed by atoms with Crippen LogP contribution in [0.5, 0.6) is 0 Å². The van der Waals surface area contributed by atoms with Gasteiger partial charge in [0.2, 0.25) is 0 Å². The highest BCUT2D eigenvalue weighted by molar-refractivity contribution is 5.39. The second-order valence-electron chi connectivity index (χ2n) is 5.56. The third kappa shape index (κ3) is 1.88. The van der Waals surface area contributed by atoms with Gasteiger partial charge < -0.3 is 0 Å². The summed E-state index contributed by atoms with van der Waals surface area (Å²) in [6.07, 6.45) is 7.11. The molecular weight excluding hydrogens is 199 g/mol. The van der Waals surface area contributed by atoms with Gasteiger partial charge in [0, 0.05) is 0 Å². The molecular formula is C15H19F. The normalized spacial score (nSPS) is 23.5. The van der Waals surface area contributed by atoms with Gasteiger partial charge in [-0.05, 0) is 60.3 Å². The van der Waals surface area contributed by atoms with Gasteiger partial charge >= 0.3 is 0 Å². The number of halogens is 1. The summed E-state index contributed by atoms with van der Waals surface area (Å²) >= 11 is 0. The van der Waals surface area contributed by atoms with Crippen LogP contribution in [0.2, 0.25) is 0 Å². The second-order valence-corrected chi connectivity index (χ2v) is 5.56. The predicted octanol–water partition coefficient (Wildman–Crippen LogP) is 4.22. The van der Waals surface area contributed by atoms with Crippen LogP contribution in [0.25, 0.3) is 0 Å². The Hall–Kier alpha value is -0.850. The van der Waals surface area contributed by atoms with Crippen LogP contribution in [0, 0.1) is 11.7 Å². The average molecular weight is 218 g/mol. The minimum absolute atomic E-state index is 0.0356. The molecule has 0 amide bonds. The van der Waals surface area contributed by atoms with E-state index < -0.39 is 0 Å². The van der Waals surface area contributed by atoms with E-state index in [-0.39, 0.29) is 5.82 Å². The fourth-order valence-electron chi connectivity index (χ4n) is 2.84. The van der Waals surface area contributed by atoms with Crippen LogP contribution in [0.4, 0.5) is 4.39 Å². The first-order valence-corrected chi connectivity index (χ1v) is 6.55. The Kier molecular flexibility index (Phi) is 2.49. The van der Waals surface area contributed by atoms with Crippen LogP contribution in [-0.2, 0) is 12.8 Å². The van der Waals surface area contributed by atoms with E-state index in [4.69, 9.17) is 0 Å². The smallest absolute Gasteiger partial charge is 0.126 e. The summed E-state index contributed by atoms with van der Waals surface area (Å²) in [4.78, 5) is 0. The lowest BCUT2D eigenvalue weighted by Gasteiger charge is -2.09. The number of hydrogen-bond donors (Lipinski definition) is 0. The Morgan fingerprint density at radius 1 is 1.25 bits per heavy atom. The topological polar surface area (TPSA) is 0 Å². The molecule has 1 atom stereocenters.